The first-order valence-corrected chi connectivity index (χ1v) is 7.01. The Morgan fingerprint density at radius 2 is 1.65 bits per heavy atom. The Balaban J connectivity index is 1.78. The molecule has 3 aromatic rings. The minimum Gasteiger partial charge on any atom is -0.256 e. The molecule has 0 bridgehead atoms. The number of hydrogen-bond donors (Lipinski definition) is 0. The SMILES string of the molecule is c1ccc(Cc2ccnc3c2Cc2ccccc2-3)cc1. The van der Waals surface area contributed by atoms with Crippen molar-refractivity contribution in [2.45, 2.75) is 12.8 Å². The summed E-state index contributed by atoms with van der Waals surface area (Å²) in [6, 6.07) is 21.4. The van der Waals surface area contributed by atoms with Gasteiger partial charge in [0, 0.05) is 18.2 Å². The van der Waals surface area contributed by atoms with Crippen LogP contribution in [0, 0.1) is 0 Å². The van der Waals surface area contributed by atoms with Crippen molar-refractivity contribution < 1.29 is 0 Å². The van der Waals surface area contributed by atoms with Crippen molar-refractivity contribution in [1.29, 1.82) is 0 Å². The topological polar surface area (TPSA) is 12.9 Å². The number of pyridine rings is 1. The lowest BCUT2D eigenvalue weighted by Crippen LogP contribution is -1.96. The van der Waals surface area contributed by atoms with Gasteiger partial charge in [-0.25, -0.2) is 0 Å². The number of hydrogen-bond acceptors (Lipinski definition) is 1. The predicted molar refractivity (Wildman–Crippen MR) is 81.7 cm³/mol. The van der Waals surface area contributed by atoms with Crippen LogP contribution in [0.3, 0.4) is 0 Å². The molecule has 0 fully saturated rings. The molecule has 0 aliphatic heterocycles. The van der Waals surface area contributed by atoms with E-state index >= 15 is 0 Å². The summed E-state index contributed by atoms with van der Waals surface area (Å²) < 4.78 is 0. The molecule has 0 saturated carbocycles. The van der Waals surface area contributed by atoms with Crippen LogP contribution in [0.2, 0.25) is 0 Å². The highest BCUT2D eigenvalue weighted by atomic mass is 14.7. The first kappa shape index (κ1) is 11.4. The molecule has 1 aliphatic rings. The molecular weight excluding hydrogens is 242 g/mol. The molecule has 0 atom stereocenters. The molecule has 0 N–H and O–H groups in total. The van der Waals surface area contributed by atoms with Gasteiger partial charge < -0.3 is 0 Å². The van der Waals surface area contributed by atoms with E-state index < -0.39 is 0 Å². The molecule has 0 unspecified atom stereocenters. The van der Waals surface area contributed by atoms with Gasteiger partial charge in [0.2, 0.25) is 0 Å². The largest absolute Gasteiger partial charge is 0.256 e. The molecule has 0 spiro atoms. The van der Waals surface area contributed by atoms with E-state index in [1.54, 1.807) is 0 Å². The normalized spacial score (nSPS) is 12.0. The highest BCUT2D eigenvalue weighted by Crippen LogP contribution is 2.36. The van der Waals surface area contributed by atoms with Gasteiger partial charge in [-0.2, -0.15) is 0 Å². The Morgan fingerprint density at radius 3 is 2.55 bits per heavy atom. The number of fused-ring (bicyclic) bond motifs is 3. The number of rotatable bonds is 2. The molecule has 4 rings (SSSR count). The fraction of sp³-hybridized carbons (Fsp3) is 0.105. The van der Waals surface area contributed by atoms with E-state index in [-0.39, 0.29) is 0 Å². The molecule has 20 heavy (non-hydrogen) atoms. The Bertz CT molecular complexity index is 760. The van der Waals surface area contributed by atoms with Crippen LogP contribution < -0.4 is 0 Å². The minimum absolute atomic E-state index is 0.986. The van der Waals surface area contributed by atoms with Crippen LogP contribution in [0.4, 0.5) is 0 Å². The van der Waals surface area contributed by atoms with Crippen molar-refractivity contribution in [1.82, 2.24) is 4.98 Å². The summed E-state index contributed by atoms with van der Waals surface area (Å²) in [4.78, 5) is 4.60. The Labute approximate surface area is 118 Å². The third kappa shape index (κ3) is 1.83. The van der Waals surface area contributed by atoms with Crippen LogP contribution in [-0.4, -0.2) is 4.98 Å². The Hall–Kier alpha value is -2.41. The summed E-state index contributed by atoms with van der Waals surface area (Å²) >= 11 is 0. The van der Waals surface area contributed by atoms with Crippen molar-refractivity contribution >= 4 is 0 Å². The van der Waals surface area contributed by atoms with Gasteiger partial charge in [-0.1, -0.05) is 54.6 Å². The van der Waals surface area contributed by atoms with E-state index in [1.807, 2.05) is 6.20 Å². The molecule has 96 valence electrons. The van der Waals surface area contributed by atoms with Crippen molar-refractivity contribution in [3.63, 3.8) is 0 Å². The molecular formula is C19H15N. The molecule has 0 saturated heterocycles. The van der Waals surface area contributed by atoms with Crippen LogP contribution in [0.5, 0.6) is 0 Å². The third-order valence-corrected chi connectivity index (χ3v) is 4.03. The highest BCUT2D eigenvalue weighted by Gasteiger charge is 2.21. The van der Waals surface area contributed by atoms with Crippen molar-refractivity contribution in [2.24, 2.45) is 0 Å². The van der Waals surface area contributed by atoms with Gasteiger partial charge in [-0.05, 0) is 34.7 Å². The number of nitrogens with zero attached hydrogens (tertiary/aromatic N) is 1. The van der Waals surface area contributed by atoms with Gasteiger partial charge in [0.25, 0.3) is 0 Å². The first-order valence-electron chi connectivity index (χ1n) is 7.01. The van der Waals surface area contributed by atoms with Crippen LogP contribution in [0.15, 0.2) is 66.9 Å². The van der Waals surface area contributed by atoms with Gasteiger partial charge >= 0.3 is 0 Å². The smallest absolute Gasteiger partial charge is 0.0743 e. The number of aromatic nitrogens is 1. The van der Waals surface area contributed by atoms with E-state index in [1.165, 1.54) is 33.5 Å². The highest BCUT2D eigenvalue weighted by molar-refractivity contribution is 5.74. The molecule has 1 aromatic heterocycles. The summed E-state index contributed by atoms with van der Waals surface area (Å²) in [6.07, 6.45) is 3.94. The van der Waals surface area contributed by atoms with Crippen molar-refractivity contribution in [3.8, 4) is 11.3 Å². The molecule has 1 heteroatoms. The molecule has 1 heterocycles. The second-order valence-corrected chi connectivity index (χ2v) is 5.29. The lowest BCUT2D eigenvalue weighted by Gasteiger charge is -2.08. The lowest BCUT2D eigenvalue weighted by molar-refractivity contribution is 1.10. The Kier molecular flexibility index (Phi) is 2.63. The second-order valence-electron chi connectivity index (χ2n) is 5.29. The zero-order valence-electron chi connectivity index (χ0n) is 11.2. The fourth-order valence-corrected chi connectivity index (χ4v) is 3.04. The van der Waals surface area contributed by atoms with Gasteiger partial charge in [0.1, 0.15) is 0 Å². The molecule has 1 aliphatic carbocycles. The van der Waals surface area contributed by atoms with Crippen LogP contribution in [-0.2, 0) is 12.8 Å². The second kappa shape index (κ2) is 4.61. The van der Waals surface area contributed by atoms with Gasteiger partial charge in [-0.15, -0.1) is 0 Å². The monoisotopic (exact) mass is 257 g/mol. The zero-order chi connectivity index (χ0) is 13.4. The van der Waals surface area contributed by atoms with Gasteiger partial charge in [0.05, 0.1) is 5.69 Å². The third-order valence-electron chi connectivity index (χ3n) is 4.03. The molecule has 0 radical (unpaired) electrons. The lowest BCUT2D eigenvalue weighted by atomic mass is 9.99. The van der Waals surface area contributed by atoms with Crippen LogP contribution >= 0.6 is 0 Å². The maximum atomic E-state index is 4.60. The average Bonchev–Trinajstić information content (AvgIpc) is 2.88. The molecule has 2 aromatic carbocycles. The van der Waals surface area contributed by atoms with Gasteiger partial charge in [0.15, 0.2) is 0 Å². The van der Waals surface area contributed by atoms with E-state index in [0.717, 1.165) is 12.8 Å². The zero-order valence-corrected chi connectivity index (χ0v) is 11.2. The van der Waals surface area contributed by atoms with Crippen molar-refractivity contribution in [2.75, 3.05) is 0 Å². The van der Waals surface area contributed by atoms with Crippen LogP contribution in [0.25, 0.3) is 11.3 Å². The fourth-order valence-electron chi connectivity index (χ4n) is 3.04. The summed E-state index contributed by atoms with van der Waals surface area (Å²) in [5, 5.41) is 0. The Morgan fingerprint density at radius 1 is 0.850 bits per heavy atom. The summed E-state index contributed by atoms with van der Waals surface area (Å²) in [6.45, 7) is 0. The minimum atomic E-state index is 0.986. The van der Waals surface area contributed by atoms with E-state index in [4.69, 9.17) is 0 Å². The molecule has 0 amide bonds. The summed E-state index contributed by atoms with van der Waals surface area (Å²) in [7, 11) is 0. The van der Waals surface area contributed by atoms with Crippen LogP contribution in [0.1, 0.15) is 22.3 Å². The first-order chi connectivity index (χ1) is 9.92. The van der Waals surface area contributed by atoms with E-state index in [2.05, 4.69) is 65.6 Å². The van der Waals surface area contributed by atoms with E-state index in [0.29, 0.717) is 0 Å². The number of benzene rings is 2. The van der Waals surface area contributed by atoms with E-state index in [9.17, 15) is 0 Å². The maximum Gasteiger partial charge on any atom is 0.0743 e. The maximum absolute atomic E-state index is 4.60. The quantitative estimate of drug-likeness (QED) is 0.523. The summed E-state index contributed by atoms with van der Waals surface area (Å²) in [5.41, 5.74) is 8.04. The molecule has 1 nitrogen and oxygen atoms in total. The summed E-state index contributed by atoms with van der Waals surface area (Å²) in [5.74, 6) is 0. The standard InChI is InChI=1S/C19H15N/c1-2-6-14(7-3-1)12-16-10-11-20-19-17-9-5-4-8-15(17)13-18(16)19/h1-11H,12-13H2. The van der Waals surface area contributed by atoms with Gasteiger partial charge in [-0.3, -0.25) is 4.98 Å². The average molecular weight is 257 g/mol. The van der Waals surface area contributed by atoms with Crippen molar-refractivity contribution in [3.05, 3.63) is 89.1 Å². The predicted octanol–water partition coefficient (Wildman–Crippen LogP) is 4.24.